The molecule has 1 aliphatic heterocycles. The number of rotatable bonds is 4. The summed E-state index contributed by atoms with van der Waals surface area (Å²) in [5.74, 6) is -2.29. The van der Waals surface area contributed by atoms with Gasteiger partial charge in [0.15, 0.2) is 0 Å². The summed E-state index contributed by atoms with van der Waals surface area (Å²) in [4.78, 5) is 13.2. The highest BCUT2D eigenvalue weighted by atomic mass is 32.2. The fraction of sp³-hybridized carbons (Fsp3) is 0.533. The zero-order valence-electron chi connectivity index (χ0n) is 13.1. The van der Waals surface area contributed by atoms with E-state index in [4.69, 9.17) is 0 Å². The molecule has 1 fully saturated rings. The van der Waals surface area contributed by atoms with Crippen molar-refractivity contribution in [3.8, 4) is 0 Å². The molecule has 1 aromatic carbocycles. The van der Waals surface area contributed by atoms with Gasteiger partial charge in [0.05, 0.1) is 6.04 Å². The molecule has 8 heteroatoms. The van der Waals surface area contributed by atoms with Gasteiger partial charge in [-0.1, -0.05) is 0 Å². The first-order valence-electron chi connectivity index (χ1n) is 7.50. The second kappa shape index (κ2) is 6.92. The maximum absolute atomic E-state index is 13.7. The summed E-state index contributed by atoms with van der Waals surface area (Å²) in [5.41, 5.74) is 0. The highest BCUT2D eigenvalue weighted by Crippen LogP contribution is 2.19. The van der Waals surface area contributed by atoms with Gasteiger partial charge < -0.3 is 4.90 Å². The van der Waals surface area contributed by atoms with E-state index in [2.05, 4.69) is 4.72 Å². The van der Waals surface area contributed by atoms with Gasteiger partial charge in [-0.2, -0.15) is 4.72 Å². The summed E-state index contributed by atoms with van der Waals surface area (Å²) < 4.78 is 53.4. The van der Waals surface area contributed by atoms with Crippen molar-refractivity contribution in [1.29, 1.82) is 0 Å². The molecular formula is C15H20F2N2O3S. The predicted octanol–water partition coefficient (Wildman–Crippen LogP) is 2.03. The van der Waals surface area contributed by atoms with Gasteiger partial charge in [0.1, 0.15) is 16.5 Å². The number of benzene rings is 1. The molecule has 1 aromatic rings. The van der Waals surface area contributed by atoms with Crippen molar-refractivity contribution >= 4 is 15.9 Å². The lowest BCUT2D eigenvalue weighted by Crippen LogP contribution is -2.51. The molecule has 1 aliphatic rings. The van der Waals surface area contributed by atoms with Crippen LogP contribution < -0.4 is 4.72 Å². The number of nitrogens with one attached hydrogen (secondary N) is 1. The molecular weight excluding hydrogens is 326 g/mol. The second-order valence-electron chi connectivity index (χ2n) is 5.79. The molecule has 0 radical (unpaired) electrons. The number of halogens is 2. The van der Waals surface area contributed by atoms with E-state index in [1.54, 1.807) is 4.90 Å². The third kappa shape index (κ3) is 4.06. The van der Waals surface area contributed by atoms with Crippen LogP contribution in [0.2, 0.25) is 0 Å². The van der Waals surface area contributed by atoms with Crippen LogP contribution in [0.1, 0.15) is 33.1 Å². The maximum Gasteiger partial charge on any atom is 0.244 e. The summed E-state index contributed by atoms with van der Waals surface area (Å²) in [5, 5.41) is 0. The van der Waals surface area contributed by atoms with E-state index in [0.717, 1.165) is 31.4 Å². The minimum Gasteiger partial charge on any atom is -0.339 e. The van der Waals surface area contributed by atoms with Crippen molar-refractivity contribution < 1.29 is 22.0 Å². The number of likely N-dealkylation sites (tertiary alicyclic amines) is 1. The number of hydrogen-bond acceptors (Lipinski definition) is 3. The van der Waals surface area contributed by atoms with Crippen molar-refractivity contribution in [2.24, 2.45) is 0 Å². The molecule has 2 rings (SSSR count). The van der Waals surface area contributed by atoms with Gasteiger partial charge in [-0.05, 0) is 51.3 Å². The van der Waals surface area contributed by atoms with E-state index < -0.39 is 32.6 Å². The first-order chi connectivity index (χ1) is 10.7. The molecule has 2 atom stereocenters. The number of carbonyl (C=O) groups excluding carboxylic acids is 1. The molecule has 23 heavy (non-hydrogen) atoms. The lowest BCUT2D eigenvalue weighted by atomic mass is 10.0. The number of amides is 1. The lowest BCUT2D eigenvalue weighted by Gasteiger charge is -2.35. The summed E-state index contributed by atoms with van der Waals surface area (Å²) in [6.45, 7) is 3.88. The van der Waals surface area contributed by atoms with Crippen LogP contribution >= 0.6 is 0 Å². The molecule has 0 bridgehead atoms. The first kappa shape index (κ1) is 17.8. The van der Waals surface area contributed by atoms with Crippen LogP contribution in [0.5, 0.6) is 0 Å². The number of hydrogen-bond donors (Lipinski definition) is 1. The largest absolute Gasteiger partial charge is 0.339 e. The SMILES string of the molecule is C[C@H](NS(=O)(=O)c1cc(F)ccc1F)C(=O)N1CCCC[C@@H]1C. The Hall–Kier alpha value is -1.54. The van der Waals surface area contributed by atoms with E-state index in [0.29, 0.717) is 12.6 Å². The van der Waals surface area contributed by atoms with Gasteiger partial charge in [-0.15, -0.1) is 0 Å². The van der Waals surface area contributed by atoms with Crippen molar-refractivity contribution in [1.82, 2.24) is 9.62 Å². The number of nitrogens with zero attached hydrogens (tertiary/aromatic N) is 1. The van der Waals surface area contributed by atoms with Crippen molar-refractivity contribution in [3.05, 3.63) is 29.8 Å². The van der Waals surface area contributed by atoms with E-state index in [-0.39, 0.29) is 11.9 Å². The van der Waals surface area contributed by atoms with Crippen molar-refractivity contribution in [2.75, 3.05) is 6.54 Å². The molecule has 0 spiro atoms. The molecule has 1 N–H and O–H groups in total. The highest BCUT2D eigenvalue weighted by Gasteiger charge is 2.30. The van der Waals surface area contributed by atoms with Gasteiger partial charge >= 0.3 is 0 Å². The Kier molecular flexibility index (Phi) is 5.36. The summed E-state index contributed by atoms with van der Waals surface area (Å²) in [7, 11) is -4.33. The predicted molar refractivity (Wildman–Crippen MR) is 81.2 cm³/mol. The molecule has 1 heterocycles. The minimum absolute atomic E-state index is 0.0362. The molecule has 1 saturated heterocycles. The van der Waals surface area contributed by atoms with E-state index >= 15 is 0 Å². The highest BCUT2D eigenvalue weighted by molar-refractivity contribution is 7.89. The average molecular weight is 346 g/mol. The number of carbonyl (C=O) groups is 1. The van der Waals surface area contributed by atoms with Crippen LogP contribution in [0, 0.1) is 11.6 Å². The summed E-state index contributed by atoms with van der Waals surface area (Å²) in [6, 6.07) is 1.15. The Bertz CT molecular complexity index is 694. The number of piperidine rings is 1. The van der Waals surface area contributed by atoms with Gasteiger partial charge in [0.25, 0.3) is 0 Å². The van der Waals surface area contributed by atoms with E-state index in [1.165, 1.54) is 6.92 Å². The van der Waals surface area contributed by atoms with Crippen LogP contribution in [0.3, 0.4) is 0 Å². The van der Waals surface area contributed by atoms with Crippen molar-refractivity contribution in [2.45, 2.75) is 50.1 Å². The molecule has 0 aliphatic carbocycles. The van der Waals surface area contributed by atoms with Crippen molar-refractivity contribution in [3.63, 3.8) is 0 Å². The Labute approximate surface area is 134 Å². The van der Waals surface area contributed by atoms with Crippen LogP contribution in [-0.4, -0.2) is 37.9 Å². The van der Waals surface area contributed by atoms with Crippen LogP contribution in [-0.2, 0) is 14.8 Å². The Morgan fingerprint density at radius 2 is 2.04 bits per heavy atom. The molecule has 128 valence electrons. The normalized spacial score (nSPS) is 20.3. The second-order valence-corrected chi connectivity index (χ2v) is 7.48. The Morgan fingerprint density at radius 3 is 2.70 bits per heavy atom. The summed E-state index contributed by atoms with van der Waals surface area (Å²) >= 11 is 0. The van der Waals surface area contributed by atoms with Crippen LogP contribution in [0.15, 0.2) is 23.1 Å². The minimum atomic E-state index is -4.33. The monoisotopic (exact) mass is 346 g/mol. The molecule has 0 saturated carbocycles. The third-order valence-electron chi connectivity index (χ3n) is 3.97. The average Bonchev–Trinajstić information content (AvgIpc) is 2.49. The van der Waals surface area contributed by atoms with E-state index in [1.807, 2.05) is 6.92 Å². The third-order valence-corrected chi connectivity index (χ3v) is 5.53. The standard InChI is InChI=1S/C15H20F2N2O3S/c1-10-5-3-4-8-19(10)15(20)11(2)18-23(21,22)14-9-12(16)6-7-13(14)17/h6-7,9-11,18H,3-5,8H2,1-2H3/t10-,11-/m0/s1. The molecule has 5 nitrogen and oxygen atoms in total. The molecule has 0 unspecified atom stereocenters. The quantitative estimate of drug-likeness (QED) is 0.907. The topological polar surface area (TPSA) is 66.5 Å². The zero-order chi connectivity index (χ0) is 17.2. The van der Waals surface area contributed by atoms with Gasteiger partial charge in [0.2, 0.25) is 15.9 Å². The smallest absolute Gasteiger partial charge is 0.244 e. The van der Waals surface area contributed by atoms with Crippen LogP contribution in [0.4, 0.5) is 8.78 Å². The summed E-state index contributed by atoms with van der Waals surface area (Å²) in [6.07, 6.45) is 2.76. The van der Waals surface area contributed by atoms with Gasteiger partial charge in [0, 0.05) is 12.6 Å². The van der Waals surface area contributed by atoms with E-state index in [9.17, 15) is 22.0 Å². The fourth-order valence-corrected chi connectivity index (χ4v) is 3.99. The van der Waals surface area contributed by atoms with Gasteiger partial charge in [-0.25, -0.2) is 17.2 Å². The zero-order valence-corrected chi connectivity index (χ0v) is 13.9. The number of sulfonamides is 1. The van der Waals surface area contributed by atoms with Crippen LogP contribution in [0.25, 0.3) is 0 Å². The molecule has 1 amide bonds. The Morgan fingerprint density at radius 1 is 1.35 bits per heavy atom. The lowest BCUT2D eigenvalue weighted by molar-refractivity contribution is -0.135. The first-order valence-corrected chi connectivity index (χ1v) is 8.98. The fourth-order valence-electron chi connectivity index (χ4n) is 2.70. The Balaban J connectivity index is 2.16. The molecule has 0 aromatic heterocycles. The maximum atomic E-state index is 13.7. The van der Waals surface area contributed by atoms with Gasteiger partial charge in [-0.3, -0.25) is 4.79 Å².